The lowest BCUT2D eigenvalue weighted by molar-refractivity contribution is 0.144. The van der Waals surface area contributed by atoms with Crippen molar-refractivity contribution in [3.8, 4) is 0 Å². The molecule has 0 aromatic heterocycles. The Balaban J connectivity index is 2.44. The molecule has 0 aliphatic carbocycles. The lowest BCUT2D eigenvalue weighted by Gasteiger charge is -2.37. The predicted octanol–water partition coefficient (Wildman–Crippen LogP) is 1.23. The zero-order valence-corrected chi connectivity index (χ0v) is 8.16. The van der Waals surface area contributed by atoms with Crippen LogP contribution in [0, 0.1) is 5.92 Å². The van der Waals surface area contributed by atoms with E-state index >= 15 is 0 Å². The summed E-state index contributed by atoms with van der Waals surface area (Å²) in [5, 5.41) is 0. The number of nitrogens with two attached hydrogens (primary N) is 1. The molecular weight excluding hydrogens is 148 g/mol. The van der Waals surface area contributed by atoms with E-state index in [0.29, 0.717) is 18.0 Å². The lowest BCUT2D eigenvalue weighted by atomic mass is 9.94. The van der Waals surface area contributed by atoms with Crippen LogP contribution in [0.3, 0.4) is 0 Å². The standard InChI is InChI=1S/C10H20N2/c1-4-9(3)12-6-5-10(11)8(2)7-12/h4,8-10H,1,5-7,11H2,2-3H3. The van der Waals surface area contributed by atoms with E-state index in [1.807, 2.05) is 6.08 Å². The number of nitrogens with zero attached hydrogens (tertiary/aromatic N) is 1. The van der Waals surface area contributed by atoms with Gasteiger partial charge in [-0.05, 0) is 19.3 Å². The van der Waals surface area contributed by atoms with E-state index in [4.69, 9.17) is 5.73 Å². The molecule has 0 aromatic rings. The van der Waals surface area contributed by atoms with Crippen molar-refractivity contribution in [1.82, 2.24) is 4.90 Å². The zero-order valence-electron chi connectivity index (χ0n) is 8.16. The highest BCUT2D eigenvalue weighted by molar-refractivity contribution is 4.89. The van der Waals surface area contributed by atoms with Gasteiger partial charge in [-0.2, -0.15) is 0 Å². The van der Waals surface area contributed by atoms with Gasteiger partial charge in [0.15, 0.2) is 0 Å². The average molecular weight is 168 g/mol. The molecule has 0 spiro atoms. The van der Waals surface area contributed by atoms with E-state index in [9.17, 15) is 0 Å². The maximum Gasteiger partial charge on any atom is 0.0247 e. The molecule has 1 fully saturated rings. The highest BCUT2D eigenvalue weighted by Gasteiger charge is 2.24. The Kier molecular flexibility index (Phi) is 3.29. The van der Waals surface area contributed by atoms with Crippen molar-refractivity contribution < 1.29 is 0 Å². The third kappa shape index (κ3) is 2.08. The molecule has 1 aliphatic rings. The van der Waals surface area contributed by atoms with Gasteiger partial charge in [0.1, 0.15) is 0 Å². The molecule has 0 aromatic carbocycles. The van der Waals surface area contributed by atoms with Crippen molar-refractivity contribution in [2.24, 2.45) is 11.7 Å². The van der Waals surface area contributed by atoms with Crippen LogP contribution >= 0.6 is 0 Å². The lowest BCUT2D eigenvalue weighted by Crippen LogP contribution is -2.48. The van der Waals surface area contributed by atoms with E-state index < -0.39 is 0 Å². The molecule has 3 unspecified atom stereocenters. The van der Waals surface area contributed by atoms with Crippen LogP contribution in [0.1, 0.15) is 20.3 Å². The quantitative estimate of drug-likeness (QED) is 0.628. The molecule has 1 heterocycles. The molecule has 1 saturated heterocycles. The summed E-state index contributed by atoms with van der Waals surface area (Å²) in [6, 6.07) is 0.901. The molecule has 70 valence electrons. The molecule has 0 bridgehead atoms. The minimum absolute atomic E-state index is 0.401. The third-order valence-electron chi connectivity index (χ3n) is 2.92. The van der Waals surface area contributed by atoms with E-state index in [0.717, 1.165) is 19.5 Å². The van der Waals surface area contributed by atoms with Gasteiger partial charge in [0.05, 0.1) is 0 Å². The molecule has 3 atom stereocenters. The molecule has 2 nitrogen and oxygen atoms in total. The Bertz CT molecular complexity index is 156. The van der Waals surface area contributed by atoms with Crippen molar-refractivity contribution >= 4 is 0 Å². The topological polar surface area (TPSA) is 29.3 Å². The number of hydrogen-bond acceptors (Lipinski definition) is 2. The molecule has 2 N–H and O–H groups in total. The summed E-state index contributed by atoms with van der Waals surface area (Å²) in [6.45, 7) is 10.5. The van der Waals surface area contributed by atoms with Crippen molar-refractivity contribution in [1.29, 1.82) is 0 Å². The van der Waals surface area contributed by atoms with Crippen molar-refractivity contribution in [2.45, 2.75) is 32.4 Å². The second-order valence-electron chi connectivity index (χ2n) is 3.90. The first kappa shape index (κ1) is 9.75. The van der Waals surface area contributed by atoms with Gasteiger partial charge in [0.25, 0.3) is 0 Å². The summed E-state index contributed by atoms with van der Waals surface area (Å²) in [4.78, 5) is 2.45. The molecule has 0 amide bonds. The summed E-state index contributed by atoms with van der Waals surface area (Å²) < 4.78 is 0. The van der Waals surface area contributed by atoms with E-state index in [1.165, 1.54) is 0 Å². The number of rotatable bonds is 2. The van der Waals surface area contributed by atoms with Crippen LogP contribution in [0.15, 0.2) is 12.7 Å². The van der Waals surface area contributed by atoms with Crippen molar-refractivity contribution in [3.05, 3.63) is 12.7 Å². The van der Waals surface area contributed by atoms with Crippen LogP contribution in [-0.4, -0.2) is 30.1 Å². The summed E-state index contributed by atoms with van der Waals surface area (Å²) in [7, 11) is 0. The molecular formula is C10H20N2. The van der Waals surface area contributed by atoms with Crippen molar-refractivity contribution in [2.75, 3.05) is 13.1 Å². The van der Waals surface area contributed by atoms with Gasteiger partial charge < -0.3 is 5.73 Å². The summed E-state index contributed by atoms with van der Waals surface area (Å²) in [5.74, 6) is 0.626. The predicted molar refractivity (Wildman–Crippen MR) is 53.0 cm³/mol. The third-order valence-corrected chi connectivity index (χ3v) is 2.92. The first-order valence-electron chi connectivity index (χ1n) is 4.77. The monoisotopic (exact) mass is 168 g/mol. The first-order valence-corrected chi connectivity index (χ1v) is 4.77. The maximum atomic E-state index is 5.93. The van der Waals surface area contributed by atoms with Crippen LogP contribution < -0.4 is 5.73 Å². The Morgan fingerprint density at radius 2 is 2.33 bits per heavy atom. The SMILES string of the molecule is C=CC(C)N1CCC(N)C(C)C1. The van der Waals surface area contributed by atoms with Gasteiger partial charge in [-0.25, -0.2) is 0 Å². The van der Waals surface area contributed by atoms with E-state index in [1.54, 1.807) is 0 Å². The first-order chi connectivity index (χ1) is 5.65. The Morgan fingerprint density at radius 3 is 2.83 bits per heavy atom. The van der Waals surface area contributed by atoms with Gasteiger partial charge in [-0.1, -0.05) is 13.0 Å². The number of piperidine rings is 1. The summed E-state index contributed by atoms with van der Waals surface area (Å²) >= 11 is 0. The highest BCUT2D eigenvalue weighted by atomic mass is 15.2. The van der Waals surface area contributed by atoms with Gasteiger partial charge in [-0.15, -0.1) is 6.58 Å². The van der Waals surface area contributed by atoms with Gasteiger partial charge >= 0.3 is 0 Å². The van der Waals surface area contributed by atoms with Crippen LogP contribution in [0.2, 0.25) is 0 Å². The Morgan fingerprint density at radius 1 is 1.67 bits per heavy atom. The van der Waals surface area contributed by atoms with Crippen molar-refractivity contribution in [3.63, 3.8) is 0 Å². The summed E-state index contributed by atoms with van der Waals surface area (Å²) in [5.41, 5.74) is 5.93. The number of likely N-dealkylation sites (tertiary alicyclic amines) is 1. The van der Waals surface area contributed by atoms with Gasteiger partial charge in [0.2, 0.25) is 0 Å². The highest BCUT2D eigenvalue weighted by Crippen LogP contribution is 2.17. The Labute approximate surface area is 75.4 Å². The van der Waals surface area contributed by atoms with Gasteiger partial charge in [-0.3, -0.25) is 4.90 Å². The fraction of sp³-hybridized carbons (Fsp3) is 0.800. The minimum Gasteiger partial charge on any atom is -0.327 e. The summed E-state index contributed by atoms with van der Waals surface area (Å²) in [6.07, 6.45) is 3.13. The van der Waals surface area contributed by atoms with Crippen LogP contribution in [-0.2, 0) is 0 Å². The fourth-order valence-corrected chi connectivity index (χ4v) is 1.71. The molecule has 0 radical (unpaired) electrons. The largest absolute Gasteiger partial charge is 0.327 e. The fourth-order valence-electron chi connectivity index (χ4n) is 1.71. The molecule has 1 aliphatic heterocycles. The van der Waals surface area contributed by atoms with Gasteiger partial charge in [0, 0.05) is 25.2 Å². The Hall–Kier alpha value is -0.340. The molecule has 1 rings (SSSR count). The second kappa shape index (κ2) is 4.06. The minimum atomic E-state index is 0.401. The number of hydrogen-bond donors (Lipinski definition) is 1. The average Bonchev–Trinajstić information content (AvgIpc) is 2.08. The zero-order chi connectivity index (χ0) is 9.14. The van der Waals surface area contributed by atoms with Crippen LogP contribution in [0.4, 0.5) is 0 Å². The second-order valence-corrected chi connectivity index (χ2v) is 3.90. The normalized spacial score (nSPS) is 34.6. The molecule has 12 heavy (non-hydrogen) atoms. The van der Waals surface area contributed by atoms with E-state index in [-0.39, 0.29) is 0 Å². The van der Waals surface area contributed by atoms with E-state index in [2.05, 4.69) is 25.3 Å². The smallest absolute Gasteiger partial charge is 0.0247 e. The van der Waals surface area contributed by atoms with Crippen LogP contribution in [0.25, 0.3) is 0 Å². The molecule has 0 saturated carbocycles. The van der Waals surface area contributed by atoms with Crippen LogP contribution in [0.5, 0.6) is 0 Å². The molecule has 2 heteroatoms. The maximum absolute atomic E-state index is 5.93.